The summed E-state index contributed by atoms with van der Waals surface area (Å²) in [6, 6.07) is 18.4. The first-order valence-electron chi connectivity index (χ1n) is 14.1. The fourth-order valence-electron chi connectivity index (χ4n) is 6.35. The van der Waals surface area contributed by atoms with Crippen molar-refractivity contribution in [1.29, 1.82) is 0 Å². The Morgan fingerprint density at radius 1 is 1.08 bits per heavy atom. The highest BCUT2D eigenvalue weighted by molar-refractivity contribution is 5.77. The molecule has 3 aromatic rings. The van der Waals surface area contributed by atoms with Gasteiger partial charge in [0.05, 0.1) is 36.9 Å². The number of carbonyl (C=O) groups is 2. The maximum Gasteiger partial charge on any atom is 0.312 e. The highest BCUT2D eigenvalue weighted by atomic mass is 16.5. The Morgan fingerprint density at radius 2 is 1.79 bits per heavy atom. The van der Waals surface area contributed by atoms with Crippen LogP contribution >= 0.6 is 0 Å². The number of carboxylic acid groups (broad SMARTS) is 1. The minimum Gasteiger partial charge on any atom is -0.481 e. The number of aliphatic carboxylic acids is 1. The molecule has 1 N–H and O–H groups in total. The summed E-state index contributed by atoms with van der Waals surface area (Å²) in [5.74, 6) is -0.416. The molecule has 2 bridgehead atoms. The van der Waals surface area contributed by atoms with E-state index in [1.807, 2.05) is 48.1 Å². The number of carbonyl (C=O) groups excluding carboxylic acids is 1. The van der Waals surface area contributed by atoms with E-state index in [0.29, 0.717) is 12.5 Å². The third kappa shape index (κ3) is 5.37. The maximum absolute atomic E-state index is 13.1. The quantitative estimate of drug-likeness (QED) is 0.331. The van der Waals surface area contributed by atoms with Gasteiger partial charge in [0.15, 0.2) is 0 Å². The van der Waals surface area contributed by atoms with Crippen LogP contribution in [0.5, 0.6) is 0 Å². The van der Waals surface area contributed by atoms with Gasteiger partial charge in [0, 0.05) is 17.5 Å². The average molecular weight is 529 g/mol. The first kappa shape index (κ1) is 25.8. The molecule has 1 atom stereocenters. The molecule has 39 heavy (non-hydrogen) atoms. The molecular weight excluding hydrogens is 492 g/mol. The monoisotopic (exact) mass is 528 g/mol. The lowest BCUT2D eigenvalue weighted by atomic mass is 9.62. The predicted octanol–water partition coefficient (Wildman–Crippen LogP) is 5.86. The molecule has 7 nitrogen and oxygen atoms in total. The molecule has 2 aliphatic heterocycles. The van der Waals surface area contributed by atoms with Crippen LogP contribution in [0.15, 0.2) is 60.8 Å². The molecule has 2 aliphatic carbocycles. The van der Waals surface area contributed by atoms with Crippen LogP contribution < -0.4 is 0 Å². The molecule has 2 saturated carbocycles. The number of rotatable bonds is 10. The minimum absolute atomic E-state index is 0.0604. The summed E-state index contributed by atoms with van der Waals surface area (Å²) >= 11 is 0. The number of nitrogens with zero attached hydrogens (tertiary/aromatic N) is 2. The molecule has 3 heterocycles. The molecular formula is C32H36N2O5. The van der Waals surface area contributed by atoms with E-state index in [-0.39, 0.29) is 30.3 Å². The lowest BCUT2D eigenvalue weighted by Gasteiger charge is -2.53. The number of aromatic nitrogens is 2. The predicted molar refractivity (Wildman–Crippen MR) is 146 cm³/mol. The number of carboxylic acids is 1. The van der Waals surface area contributed by atoms with Gasteiger partial charge in [-0.3, -0.25) is 14.3 Å². The van der Waals surface area contributed by atoms with Crippen LogP contribution in [0.1, 0.15) is 74.8 Å². The number of hydrogen-bond donors (Lipinski definition) is 1. The van der Waals surface area contributed by atoms with E-state index in [0.717, 1.165) is 54.6 Å². The van der Waals surface area contributed by atoms with Crippen LogP contribution in [-0.2, 0) is 37.4 Å². The zero-order chi connectivity index (χ0) is 27.0. The summed E-state index contributed by atoms with van der Waals surface area (Å²) in [4.78, 5) is 24.4. The van der Waals surface area contributed by atoms with Crippen molar-refractivity contribution in [2.75, 3.05) is 6.61 Å². The Kier molecular flexibility index (Phi) is 6.79. The van der Waals surface area contributed by atoms with Crippen molar-refractivity contribution in [2.24, 2.45) is 5.92 Å². The molecule has 0 spiro atoms. The SMILES string of the molecule is C[C@@H](OC(=O)Cc1c(-c2ccc(C34CCC(CC(=O)O)(CC3)OC4)cc2)cnn1CC1CC1)c1ccccc1. The van der Waals surface area contributed by atoms with Gasteiger partial charge in [-0.05, 0) is 68.1 Å². The average Bonchev–Trinajstić information content (AvgIpc) is 3.69. The standard InChI is InChI=1S/C32H36N2O5/c1-22(24-5-3-2-4-6-24)39-30(37)17-28-27(19-33-34(28)20-23-7-8-23)25-9-11-26(12-10-25)31-13-15-32(16-14-31,38-21-31)18-29(35)36/h2-6,9-12,19,22-23H,7-8,13-18,20-21H2,1H3,(H,35,36)/t22-,31?,32?/m1/s1. The molecule has 0 unspecified atom stereocenters. The minimum atomic E-state index is -0.787. The molecule has 4 fully saturated rings. The van der Waals surface area contributed by atoms with E-state index in [1.54, 1.807) is 0 Å². The molecule has 2 aromatic carbocycles. The van der Waals surface area contributed by atoms with Crippen LogP contribution in [0.25, 0.3) is 11.1 Å². The van der Waals surface area contributed by atoms with E-state index in [2.05, 4.69) is 29.4 Å². The van der Waals surface area contributed by atoms with Gasteiger partial charge in [-0.15, -0.1) is 0 Å². The van der Waals surface area contributed by atoms with E-state index in [1.165, 1.54) is 18.4 Å². The normalized spacial score (nSPS) is 24.8. The Morgan fingerprint density at radius 3 is 2.41 bits per heavy atom. The molecule has 1 aromatic heterocycles. The summed E-state index contributed by atoms with van der Waals surface area (Å²) < 4.78 is 14.0. The topological polar surface area (TPSA) is 90.7 Å². The maximum atomic E-state index is 13.1. The van der Waals surface area contributed by atoms with Crippen LogP contribution in [-0.4, -0.2) is 39.0 Å². The largest absolute Gasteiger partial charge is 0.481 e. The summed E-state index contributed by atoms with van der Waals surface area (Å²) in [6.45, 7) is 3.29. The number of benzene rings is 2. The van der Waals surface area contributed by atoms with Crippen LogP contribution in [0.4, 0.5) is 0 Å². The van der Waals surface area contributed by atoms with Gasteiger partial charge in [-0.2, -0.15) is 5.10 Å². The van der Waals surface area contributed by atoms with Crippen molar-refractivity contribution in [3.63, 3.8) is 0 Å². The number of esters is 1. The molecule has 7 rings (SSSR count). The lowest BCUT2D eigenvalue weighted by molar-refractivity contribution is -0.175. The van der Waals surface area contributed by atoms with E-state index >= 15 is 0 Å². The fraction of sp³-hybridized carbons (Fsp3) is 0.469. The van der Waals surface area contributed by atoms with Crippen molar-refractivity contribution < 1.29 is 24.2 Å². The summed E-state index contributed by atoms with van der Waals surface area (Å²) in [7, 11) is 0. The van der Waals surface area contributed by atoms with Gasteiger partial charge in [0.1, 0.15) is 6.10 Å². The van der Waals surface area contributed by atoms with Gasteiger partial charge >= 0.3 is 11.9 Å². The van der Waals surface area contributed by atoms with Crippen LogP contribution in [0.3, 0.4) is 0 Å². The Balaban J connectivity index is 1.20. The smallest absolute Gasteiger partial charge is 0.312 e. The molecule has 0 radical (unpaired) electrons. The van der Waals surface area contributed by atoms with Crippen molar-refractivity contribution >= 4 is 11.9 Å². The molecule has 7 heteroatoms. The van der Waals surface area contributed by atoms with Gasteiger partial charge in [-0.1, -0.05) is 54.6 Å². The molecule has 204 valence electrons. The Bertz CT molecular complexity index is 1320. The second-order valence-electron chi connectivity index (χ2n) is 11.7. The number of ether oxygens (including phenoxy) is 2. The lowest BCUT2D eigenvalue weighted by Crippen LogP contribution is -2.54. The van der Waals surface area contributed by atoms with Gasteiger partial charge < -0.3 is 14.6 Å². The third-order valence-electron chi connectivity index (χ3n) is 9.02. The first-order valence-corrected chi connectivity index (χ1v) is 14.1. The second-order valence-corrected chi connectivity index (χ2v) is 11.7. The zero-order valence-corrected chi connectivity index (χ0v) is 22.5. The van der Waals surface area contributed by atoms with E-state index in [4.69, 9.17) is 9.47 Å². The summed E-state index contributed by atoms with van der Waals surface area (Å²) in [5, 5.41) is 14.0. The van der Waals surface area contributed by atoms with Crippen molar-refractivity contribution in [1.82, 2.24) is 9.78 Å². The molecule has 2 saturated heterocycles. The van der Waals surface area contributed by atoms with Crippen molar-refractivity contribution in [3.05, 3.63) is 77.6 Å². The highest BCUT2D eigenvalue weighted by Crippen LogP contribution is 2.51. The number of fused-ring (bicyclic) bond motifs is 3. The van der Waals surface area contributed by atoms with E-state index in [9.17, 15) is 14.7 Å². The highest BCUT2D eigenvalue weighted by Gasteiger charge is 2.51. The fourth-order valence-corrected chi connectivity index (χ4v) is 6.35. The van der Waals surface area contributed by atoms with Crippen LogP contribution in [0, 0.1) is 5.92 Å². The van der Waals surface area contributed by atoms with Gasteiger partial charge in [-0.25, -0.2) is 0 Å². The molecule has 4 aliphatic rings. The van der Waals surface area contributed by atoms with Gasteiger partial charge in [0.25, 0.3) is 0 Å². The summed E-state index contributed by atoms with van der Waals surface area (Å²) in [6.07, 6.45) is 7.67. The zero-order valence-electron chi connectivity index (χ0n) is 22.5. The van der Waals surface area contributed by atoms with Crippen LogP contribution in [0.2, 0.25) is 0 Å². The second kappa shape index (κ2) is 10.3. The summed E-state index contributed by atoms with van der Waals surface area (Å²) in [5.41, 5.74) is 4.55. The van der Waals surface area contributed by atoms with Crippen molar-refractivity contribution in [2.45, 2.75) is 82.0 Å². The Hall–Kier alpha value is -3.45. The molecule has 0 amide bonds. The number of hydrogen-bond acceptors (Lipinski definition) is 5. The first-order chi connectivity index (χ1) is 18.8. The van der Waals surface area contributed by atoms with Gasteiger partial charge in [0.2, 0.25) is 0 Å². The third-order valence-corrected chi connectivity index (χ3v) is 9.02. The van der Waals surface area contributed by atoms with Crippen molar-refractivity contribution in [3.8, 4) is 11.1 Å². The Labute approximate surface area is 229 Å². The van der Waals surface area contributed by atoms with E-state index < -0.39 is 11.6 Å².